The molecule has 0 radical (unpaired) electrons. The number of rotatable bonds is 3. The molecule has 0 aliphatic carbocycles. The van der Waals surface area contributed by atoms with Crippen LogP contribution in [0.25, 0.3) is 0 Å². The van der Waals surface area contributed by atoms with Gasteiger partial charge in [-0.15, -0.1) is 0 Å². The van der Waals surface area contributed by atoms with Gasteiger partial charge in [0.1, 0.15) is 0 Å². The van der Waals surface area contributed by atoms with Crippen LogP contribution in [0, 0.1) is 0 Å². The average molecular weight is 170 g/mol. The summed E-state index contributed by atoms with van der Waals surface area (Å²) in [5.41, 5.74) is 0. The zero-order valence-corrected chi connectivity index (χ0v) is 7.17. The van der Waals surface area contributed by atoms with E-state index in [9.17, 15) is 4.79 Å². The highest BCUT2D eigenvalue weighted by Crippen LogP contribution is 2.02. The Morgan fingerprint density at radius 1 is 1.75 bits per heavy atom. The van der Waals surface area contributed by atoms with Crippen molar-refractivity contribution in [3.63, 3.8) is 0 Å². The molecule has 2 N–H and O–H groups in total. The monoisotopic (exact) mass is 170 g/mol. The van der Waals surface area contributed by atoms with Crippen LogP contribution in [0.2, 0.25) is 0 Å². The first-order valence-corrected chi connectivity index (χ1v) is 3.94. The molecule has 2 unspecified atom stereocenters. The maximum Gasteiger partial charge on any atom is 0.243 e. The summed E-state index contributed by atoms with van der Waals surface area (Å²) in [6.45, 7) is 4.93. The highest BCUT2D eigenvalue weighted by atomic mass is 16.5. The van der Waals surface area contributed by atoms with Gasteiger partial charge in [-0.1, -0.05) is 6.58 Å². The molecule has 12 heavy (non-hydrogen) atoms. The van der Waals surface area contributed by atoms with Crippen molar-refractivity contribution in [1.29, 1.82) is 0 Å². The lowest BCUT2D eigenvalue weighted by Gasteiger charge is -2.17. The molecule has 2 atom stereocenters. The molecule has 4 heteroatoms. The van der Waals surface area contributed by atoms with Crippen LogP contribution in [0.3, 0.4) is 0 Å². The quantitative estimate of drug-likeness (QED) is 0.549. The second-order valence-corrected chi connectivity index (χ2v) is 2.75. The summed E-state index contributed by atoms with van der Waals surface area (Å²) >= 11 is 0. The molecule has 0 aromatic carbocycles. The third-order valence-corrected chi connectivity index (χ3v) is 1.97. The molecule has 1 fully saturated rings. The fraction of sp³-hybridized carbons (Fsp3) is 0.625. The van der Waals surface area contributed by atoms with Crippen LogP contribution in [0.5, 0.6) is 0 Å². The predicted molar refractivity (Wildman–Crippen MR) is 45.8 cm³/mol. The van der Waals surface area contributed by atoms with E-state index in [2.05, 4.69) is 17.2 Å². The molecule has 1 heterocycles. The highest BCUT2D eigenvalue weighted by molar-refractivity contribution is 5.87. The van der Waals surface area contributed by atoms with Gasteiger partial charge in [-0.2, -0.15) is 0 Å². The molecular formula is C8H14N2O2. The Labute approximate surface area is 72.0 Å². The van der Waals surface area contributed by atoms with Crippen LogP contribution in [-0.4, -0.2) is 38.3 Å². The van der Waals surface area contributed by atoms with Gasteiger partial charge in [-0.25, -0.2) is 0 Å². The lowest BCUT2D eigenvalue weighted by atomic mass is 10.2. The number of carbonyl (C=O) groups excluding carboxylic acids is 1. The van der Waals surface area contributed by atoms with E-state index in [-0.39, 0.29) is 18.1 Å². The minimum Gasteiger partial charge on any atom is -0.378 e. The molecule has 1 amide bonds. The highest BCUT2D eigenvalue weighted by Gasteiger charge is 2.27. The molecule has 0 bridgehead atoms. The molecule has 0 aromatic rings. The minimum absolute atomic E-state index is 0.0699. The third kappa shape index (κ3) is 2.06. The standard InChI is InChI=1S/C8H14N2O2/c1-3-8(11)10-6-4-9-5-7(6)12-2/h3,6-7,9H,1,4-5H2,2H3,(H,10,11). The Balaban J connectivity index is 2.40. The molecular weight excluding hydrogens is 156 g/mol. The van der Waals surface area contributed by atoms with Gasteiger partial charge in [-0.3, -0.25) is 4.79 Å². The van der Waals surface area contributed by atoms with Crippen molar-refractivity contribution in [2.24, 2.45) is 0 Å². The van der Waals surface area contributed by atoms with E-state index >= 15 is 0 Å². The summed E-state index contributed by atoms with van der Waals surface area (Å²) in [6, 6.07) is 0.0699. The van der Waals surface area contributed by atoms with Crippen LogP contribution in [0.1, 0.15) is 0 Å². The Kier molecular flexibility index (Phi) is 3.25. The van der Waals surface area contributed by atoms with Gasteiger partial charge in [0.05, 0.1) is 12.1 Å². The smallest absolute Gasteiger partial charge is 0.243 e. The van der Waals surface area contributed by atoms with Gasteiger partial charge < -0.3 is 15.4 Å². The Morgan fingerprint density at radius 3 is 3.08 bits per heavy atom. The molecule has 1 aliphatic rings. The first kappa shape index (κ1) is 9.22. The Hall–Kier alpha value is -0.870. The van der Waals surface area contributed by atoms with Gasteiger partial charge in [-0.05, 0) is 6.08 Å². The van der Waals surface area contributed by atoms with Crippen molar-refractivity contribution in [3.8, 4) is 0 Å². The summed E-state index contributed by atoms with van der Waals surface area (Å²) in [7, 11) is 1.64. The summed E-state index contributed by atoms with van der Waals surface area (Å²) in [4.78, 5) is 10.9. The SMILES string of the molecule is C=CC(=O)NC1CNCC1OC. The van der Waals surface area contributed by atoms with Crippen molar-refractivity contribution < 1.29 is 9.53 Å². The molecule has 4 nitrogen and oxygen atoms in total. The number of amides is 1. The van der Waals surface area contributed by atoms with Crippen LogP contribution in [0.15, 0.2) is 12.7 Å². The first-order valence-electron chi connectivity index (χ1n) is 3.94. The fourth-order valence-corrected chi connectivity index (χ4v) is 1.29. The number of hydrogen-bond donors (Lipinski definition) is 2. The molecule has 1 saturated heterocycles. The van der Waals surface area contributed by atoms with Crippen LogP contribution in [-0.2, 0) is 9.53 Å². The summed E-state index contributed by atoms with van der Waals surface area (Å²) < 4.78 is 5.16. The molecule has 0 spiro atoms. The maximum atomic E-state index is 10.9. The second kappa shape index (κ2) is 4.23. The number of carbonyl (C=O) groups is 1. The van der Waals surface area contributed by atoms with Gasteiger partial charge in [0.2, 0.25) is 5.91 Å². The van der Waals surface area contributed by atoms with E-state index in [1.165, 1.54) is 6.08 Å². The average Bonchev–Trinajstić information content (AvgIpc) is 2.51. The fourth-order valence-electron chi connectivity index (χ4n) is 1.29. The Bertz CT molecular complexity index is 182. The van der Waals surface area contributed by atoms with Gasteiger partial charge in [0, 0.05) is 20.2 Å². The van der Waals surface area contributed by atoms with Crippen molar-refractivity contribution in [1.82, 2.24) is 10.6 Å². The van der Waals surface area contributed by atoms with Gasteiger partial charge >= 0.3 is 0 Å². The van der Waals surface area contributed by atoms with Crippen molar-refractivity contribution in [3.05, 3.63) is 12.7 Å². The topological polar surface area (TPSA) is 50.4 Å². The Morgan fingerprint density at radius 2 is 2.50 bits per heavy atom. The van der Waals surface area contributed by atoms with E-state index < -0.39 is 0 Å². The second-order valence-electron chi connectivity index (χ2n) is 2.75. The molecule has 1 rings (SSSR count). The zero-order chi connectivity index (χ0) is 8.97. The van der Waals surface area contributed by atoms with Crippen LogP contribution < -0.4 is 10.6 Å². The first-order chi connectivity index (χ1) is 5.77. The summed E-state index contributed by atoms with van der Waals surface area (Å²) in [6.07, 6.45) is 1.35. The maximum absolute atomic E-state index is 10.9. The number of methoxy groups -OCH3 is 1. The molecule has 68 valence electrons. The lowest BCUT2D eigenvalue weighted by molar-refractivity contribution is -0.117. The minimum atomic E-state index is -0.147. The van der Waals surface area contributed by atoms with Crippen molar-refractivity contribution in [2.45, 2.75) is 12.1 Å². The third-order valence-electron chi connectivity index (χ3n) is 1.97. The van der Waals surface area contributed by atoms with Gasteiger partial charge in [0.25, 0.3) is 0 Å². The van der Waals surface area contributed by atoms with Crippen LogP contribution in [0.4, 0.5) is 0 Å². The number of hydrogen-bond acceptors (Lipinski definition) is 3. The molecule has 0 saturated carbocycles. The summed E-state index contributed by atoms with van der Waals surface area (Å²) in [5, 5.41) is 5.91. The van der Waals surface area contributed by atoms with E-state index in [1.54, 1.807) is 7.11 Å². The van der Waals surface area contributed by atoms with Gasteiger partial charge in [0.15, 0.2) is 0 Å². The summed E-state index contributed by atoms with van der Waals surface area (Å²) in [5.74, 6) is -0.147. The zero-order valence-electron chi connectivity index (χ0n) is 7.17. The molecule has 1 aliphatic heterocycles. The van der Waals surface area contributed by atoms with Crippen molar-refractivity contribution >= 4 is 5.91 Å². The van der Waals surface area contributed by atoms with Crippen LogP contribution >= 0.6 is 0 Å². The molecule has 0 aromatic heterocycles. The van der Waals surface area contributed by atoms with E-state index in [0.717, 1.165) is 13.1 Å². The lowest BCUT2D eigenvalue weighted by Crippen LogP contribution is -2.42. The normalized spacial score (nSPS) is 28.4. The van der Waals surface area contributed by atoms with E-state index in [4.69, 9.17) is 4.74 Å². The number of ether oxygens (including phenoxy) is 1. The van der Waals surface area contributed by atoms with Crippen molar-refractivity contribution in [2.75, 3.05) is 20.2 Å². The predicted octanol–water partition coefficient (Wildman–Crippen LogP) is -0.725. The number of nitrogens with one attached hydrogen (secondary N) is 2. The largest absolute Gasteiger partial charge is 0.378 e. The van der Waals surface area contributed by atoms with E-state index in [1.807, 2.05) is 0 Å². The van der Waals surface area contributed by atoms with E-state index in [0.29, 0.717) is 0 Å².